The summed E-state index contributed by atoms with van der Waals surface area (Å²) in [6, 6.07) is 10.1. The zero-order valence-electron chi connectivity index (χ0n) is 29.2. The van der Waals surface area contributed by atoms with Crippen LogP contribution in [0.3, 0.4) is 0 Å². The molecule has 3 aromatic rings. The van der Waals surface area contributed by atoms with Crippen LogP contribution in [0.15, 0.2) is 41.3 Å². The van der Waals surface area contributed by atoms with Crippen LogP contribution in [0.5, 0.6) is 5.75 Å². The zero-order chi connectivity index (χ0) is 36.1. The fraction of sp³-hybridized carbons (Fsp3) is 0.514. The van der Waals surface area contributed by atoms with Gasteiger partial charge in [-0.25, -0.2) is 13.4 Å². The highest BCUT2D eigenvalue weighted by Gasteiger charge is 2.41. The standard InChI is InChI=1S/C35H48Cl2N6O5S/c1-7-35(4,34(45)43-18-16-42(17-19-43)31(44)21-25(38)10-9-15-41(5)6)40-49(46,47)30-14-13-28(36)27(32(30)37)22-48-29-12-8-11-26-23(2)20-24(3)39-33(26)29/h8,11-14,20,25,40H,7,9-10,15-19,21-22,38H2,1-6H3/t25-,35+/m0/s1. The van der Waals surface area contributed by atoms with E-state index in [2.05, 4.69) is 14.6 Å². The Morgan fingerprint density at radius 2 is 1.78 bits per heavy atom. The molecule has 3 N–H and O–H groups in total. The summed E-state index contributed by atoms with van der Waals surface area (Å²) in [6.45, 7) is 9.25. The first kappa shape index (κ1) is 38.8. The number of carbonyl (C=O) groups excluding carboxylic acids is 2. The number of sulfonamides is 1. The number of aryl methyl sites for hydroxylation is 2. The van der Waals surface area contributed by atoms with Gasteiger partial charge in [-0.1, -0.05) is 42.3 Å². The lowest BCUT2D eigenvalue weighted by molar-refractivity contribution is -0.143. The number of halogens is 2. The number of fused-ring (bicyclic) bond motifs is 1. The smallest absolute Gasteiger partial charge is 0.243 e. The quantitative estimate of drug-likeness (QED) is 0.238. The number of nitrogens with one attached hydrogen (secondary N) is 1. The highest BCUT2D eigenvalue weighted by atomic mass is 35.5. The fourth-order valence-electron chi connectivity index (χ4n) is 5.99. The van der Waals surface area contributed by atoms with Crippen molar-refractivity contribution in [3.8, 4) is 5.75 Å². The summed E-state index contributed by atoms with van der Waals surface area (Å²) in [5, 5.41) is 1.08. The zero-order valence-corrected chi connectivity index (χ0v) is 31.5. The minimum Gasteiger partial charge on any atom is -0.487 e. The van der Waals surface area contributed by atoms with Crippen LogP contribution < -0.4 is 15.2 Å². The van der Waals surface area contributed by atoms with E-state index < -0.39 is 15.6 Å². The molecule has 0 spiro atoms. The van der Waals surface area contributed by atoms with E-state index in [0.717, 1.165) is 36.0 Å². The van der Waals surface area contributed by atoms with Crippen LogP contribution in [0.1, 0.15) is 56.4 Å². The van der Waals surface area contributed by atoms with Gasteiger partial charge in [-0.15, -0.1) is 0 Å². The Hall–Kier alpha value is -3.00. The highest BCUT2D eigenvalue weighted by Crippen LogP contribution is 2.34. The third-order valence-corrected chi connectivity index (χ3v) is 11.6. The predicted molar refractivity (Wildman–Crippen MR) is 195 cm³/mol. The molecule has 1 aromatic heterocycles. The van der Waals surface area contributed by atoms with E-state index in [4.69, 9.17) is 33.7 Å². The second-order valence-electron chi connectivity index (χ2n) is 13.2. The number of carbonyl (C=O) groups is 2. The van der Waals surface area contributed by atoms with Crippen LogP contribution in [0, 0.1) is 13.8 Å². The number of pyridine rings is 1. The van der Waals surface area contributed by atoms with E-state index in [-0.39, 0.29) is 70.9 Å². The van der Waals surface area contributed by atoms with Gasteiger partial charge < -0.3 is 25.2 Å². The van der Waals surface area contributed by atoms with Crippen molar-refractivity contribution < 1.29 is 22.7 Å². The van der Waals surface area contributed by atoms with E-state index in [1.165, 1.54) is 12.1 Å². The van der Waals surface area contributed by atoms with Gasteiger partial charge in [0.15, 0.2) is 0 Å². The molecule has 0 unspecified atom stereocenters. The van der Waals surface area contributed by atoms with Crippen LogP contribution >= 0.6 is 23.2 Å². The molecule has 14 heteroatoms. The number of benzene rings is 2. The molecule has 0 saturated carbocycles. The number of amides is 2. The van der Waals surface area contributed by atoms with Gasteiger partial charge in [0, 0.05) is 60.3 Å². The van der Waals surface area contributed by atoms with E-state index in [1.807, 2.05) is 46.1 Å². The minimum absolute atomic E-state index is 0.0393. The normalized spacial score (nSPS) is 15.8. The van der Waals surface area contributed by atoms with Gasteiger partial charge in [-0.2, -0.15) is 4.72 Å². The highest BCUT2D eigenvalue weighted by molar-refractivity contribution is 7.89. The van der Waals surface area contributed by atoms with E-state index in [1.54, 1.807) is 29.7 Å². The molecule has 0 radical (unpaired) electrons. The van der Waals surface area contributed by atoms with Crippen molar-refractivity contribution in [3.05, 3.63) is 63.3 Å². The number of hydrogen-bond donors (Lipinski definition) is 2. The first-order chi connectivity index (χ1) is 23.1. The average Bonchev–Trinajstić information content (AvgIpc) is 3.03. The number of rotatable bonds is 14. The molecule has 2 aromatic carbocycles. The van der Waals surface area contributed by atoms with Crippen molar-refractivity contribution in [1.82, 2.24) is 24.4 Å². The first-order valence-corrected chi connectivity index (χ1v) is 18.8. The molecule has 268 valence electrons. The molecular weight excluding hydrogens is 687 g/mol. The van der Waals surface area contributed by atoms with Gasteiger partial charge in [0.1, 0.15) is 28.3 Å². The molecule has 2 amide bonds. The molecule has 2 atom stereocenters. The summed E-state index contributed by atoms with van der Waals surface area (Å²) in [5.74, 6) is 0.0906. The Labute approximate surface area is 300 Å². The van der Waals surface area contributed by atoms with E-state index >= 15 is 0 Å². The van der Waals surface area contributed by atoms with Gasteiger partial charge >= 0.3 is 0 Å². The van der Waals surface area contributed by atoms with Gasteiger partial charge in [0.2, 0.25) is 21.8 Å². The molecular formula is C35H48Cl2N6O5S. The Balaban J connectivity index is 1.43. The number of nitrogens with two attached hydrogens (primary N) is 1. The SMILES string of the molecule is CC[C@@](C)(NS(=O)(=O)c1ccc(Cl)c(COc2cccc3c(C)cc(C)nc23)c1Cl)C(=O)N1CCN(C(=O)C[C@@H](N)CCCN(C)C)CC1. The van der Waals surface area contributed by atoms with Crippen molar-refractivity contribution in [2.24, 2.45) is 5.73 Å². The Morgan fingerprint density at radius 1 is 1.10 bits per heavy atom. The lowest BCUT2D eigenvalue weighted by Crippen LogP contribution is -2.61. The molecule has 1 aliphatic heterocycles. The lowest BCUT2D eigenvalue weighted by atomic mass is 9.98. The second kappa shape index (κ2) is 16.3. The van der Waals surface area contributed by atoms with Crippen LogP contribution in [-0.4, -0.2) is 98.3 Å². The molecule has 11 nitrogen and oxygen atoms in total. The van der Waals surface area contributed by atoms with Crippen molar-refractivity contribution in [1.29, 1.82) is 0 Å². The maximum absolute atomic E-state index is 13.8. The molecule has 2 heterocycles. The average molecular weight is 736 g/mol. The Kier molecular flexibility index (Phi) is 12.9. The van der Waals surface area contributed by atoms with E-state index in [0.29, 0.717) is 24.4 Å². The number of piperazine rings is 1. The molecule has 0 aliphatic carbocycles. The Bertz CT molecular complexity index is 1780. The van der Waals surface area contributed by atoms with Crippen molar-refractivity contribution in [2.45, 2.75) is 76.5 Å². The minimum atomic E-state index is -4.30. The molecule has 1 saturated heterocycles. The second-order valence-corrected chi connectivity index (χ2v) is 15.7. The van der Waals surface area contributed by atoms with Gasteiger partial charge in [0.25, 0.3) is 0 Å². The van der Waals surface area contributed by atoms with E-state index in [9.17, 15) is 18.0 Å². The summed E-state index contributed by atoms with van der Waals surface area (Å²) >= 11 is 13.2. The summed E-state index contributed by atoms with van der Waals surface area (Å²) in [6.07, 6.45) is 2.10. The predicted octanol–water partition coefficient (Wildman–Crippen LogP) is 4.91. The van der Waals surface area contributed by atoms with Crippen molar-refractivity contribution in [2.75, 3.05) is 46.8 Å². The monoisotopic (exact) mass is 734 g/mol. The van der Waals surface area contributed by atoms with Gasteiger partial charge in [0.05, 0.1) is 5.02 Å². The van der Waals surface area contributed by atoms with Crippen molar-refractivity contribution in [3.63, 3.8) is 0 Å². The van der Waals surface area contributed by atoms with Crippen LogP contribution in [0.25, 0.3) is 10.9 Å². The maximum Gasteiger partial charge on any atom is 0.243 e. The largest absolute Gasteiger partial charge is 0.487 e. The molecule has 49 heavy (non-hydrogen) atoms. The summed E-state index contributed by atoms with van der Waals surface area (Å²) in [4.78, 5) is 36.5. The third kappa shape index (κ3) is 9.42. The topological polar surface area (TPSA) is 138 Å². The van der Waals surface area contributed by atoms with Crippen LogP contribution in [0.4, 0.5) is 0 Å². The van der Waals surface area contributed by atoms with Crippen LogP contribution in [-0.2, 0) is 26.2 Å². The lowest BCUT2D eigenvalue weighted by Gasteiger charge is -2.40. The van der Waals surface area contributed by atoms with Gasteiger partial charge in [-0.05, 0) is 90.5 Å². The maximum atomic E-state index is 13.8. The van der Waals surface area contributed by atoms with Crippen LogP contribution in [0.2, 0.25) is 10.0 Å². The molecule has 1 aliphatic rings. The molecule has 4 rings (SSSR count). The van der Waals surface area contributed by atoms with Crippen molar-refractivity contribution >= 4 is 55.9 Å². The number of aromatic nitrogens is 1. The molecule has 0 bridgehead atoms. The number of hydrogen-bond acceptors (Lipinski definition) is 8. The summed E-state index contributed by atoms with van der Waals surface area (Å²) in [5.41, 5.74) is 7.60. The molecule has 1 fully saturated rings. The number of nitrogens with zero attached hydrogens (tertiary/aromatic N) is 4. The Morgan fingerprint density at radius 3 is 2.43 bits per heavy atom. The first-order valence-electron chi connectivity index (χ1n) is 16.5. The number of ether oxygens (including phenoxy) is 1. The number of para-hydroxylation sites is 1. The third-order valence-electron chi connectivity index (χ3n) is 9.02. The summed E-state index contributed by atoms with van der Waals surface area (Å²) < 4.78 is 36.4. The summed E-state index contributed by atoms with van der Waals surface area (Å²) in [7, 11) is -0.303. The van der Waals surface area contributed by atoms with Gasteiger partial charge in [-0.3, -0.25) is 9.59 Å². The fourth-order valence-corrected chi connectivity index (χ4v) is 8.32.